The average molecular weight is 263 g/mol. The van der Waals surface area contributed by atoms with E-state index in [9.17, 15) is 4.39 Å². The predicted octanol–water partition coefficient (Wildman–Crippen LogP) is 4.35. The zero-order valence-electron chi connectivity index (χ0n) is 11.0. The van der Waals surface area contributed by atoms with E-state index in [0.29, 0.717) is 6.04 Å². The van der Waals surface area contributed by atoms with Crippen LogP contribution in [0.25, 0.3) is 0 Å². The van der Waals surface area contributed by atoms with Crippen LogP contribution in [0.3, 0.4) is 0 Å². The van der Waals surface area contributed by atoms with Crippen molar-refractivity contribution in [1.82, 2.24) is 5.32 Å². The van der Waals surface area contributed by atoms with Gasteiger partial charge in [0.25, 0.3) is 0 Å². The Morgan fingerprint density at radius 3 is 2.50 bits per heavy atom. The number of halogens is 1. The molecular formula is C15H18FNS. The highest BCUT2D eigenvalue weighted by Gasteiger charge is 2.07. The average Bonchev–Trinajstić information content (AvgIpc) is 2.86. The van der Waals surface area contributed by atoms with Crippen LogP contribution in [0.15, 0.2) is 29.0 Å². The third-order valence-electron chi connectivity index (χ3n) is 3.15. The highest BCUT2D eigenvalue weighted by molar-refractivity contribution is 7.07. The molecule has 0 amide bonds. The van der Waals surface area contributed by atoms with E-state index in [-0.39, 0.29) is 5.82 Å². The molecule has 0 saturated heterocycles. The minimum Gasteiger partial charge on any atom is -0.306 e. The van der Waals surface area contributed by atoms with E-state index < -0.39 is 0 Å². The van der Waals surface area contributed by atoms with Gasteiger partial charge in [-0.05, 0) is 59.9 Å². The van der Waals surface area contributed by atoms with E-state index in [1.54, 1.807) is 11.3 Å². The van der Waals surface area contributed by atoms with Gasteiger partial charge < -0.3 is 5.32 Å². The van der Waals surface area contributed by atoms with E-state index in [1.165, 1.54) is 5.56 Å². The molecule has 0 fully saturated rings. The lowest BCUT2D eigenvalue weighted by molar-refractivity contribution is 0.572. The Hall–Kier alpha value is -1.19. The van der Waals surface area contributed by atoms with Crippen LogP contribution >= 0.6 is 11.3 Å². The molecule has 0 spiro atoms. The Morgan fingerprint density at radius 2 is 1.94 bits per heavy atom. The van der Waals surface area contributed by atoms with Crippen molar-refractivity contribution >= 4 is 11.3 Å². The summed E-state index contributed by atoms with van der Waals surface area (Å²) in [6, 6.07) is 6.27. The highest BCUT2D eigenvalue weighted by Crippen LogP contribution is 2.18. The van der Waals surface area contributed by atoms with Crippen LogP contribution in [-0.2, 0) is 6.54 Å². The maximum atomic E-state index is 13.5. The van der Waals surface area contributed by atoms with Gasteiger partial charge in [-0.1, -0.05) is 12.1 Å². The summed E-state index contributed by atoms with van der Waals surface area (Å²) in [4.78, 5) is 0. The number of aryl methyl sites for hydroxylation is 2. The molecule has 2 aromatic rings. The van der Waals surface area contributed by atoms with Gasteiger partial charge in [0, 0.05) is 12.6 Å². The Labute approximate surface area is 112 Å². The van der Waals surface area contributed by atoms with Crippen LogP contribution in [0.1, 0.15) is 35.2 Å². The molecule has 0 aliphatic carbocycles. The van der Waals surface area contributed by atoms with Crippen LogP contribution < -0.4 is 5.32 Å². The van der Waals surface area contributed by atoms with Crippen LogP contribution in [0.2, 0.25) is 0 Å². The van der Waals surface area contributed by atoms with Crippen molar-refractivity contribution in [2.45, 2.75) is 33.4 Å². The van der Waals surface area contributed by atoms with Crippen molar-refractivity contribution in [3.05, 3.63) is 57.0 Å². The Balaban J connectivity index is 2.02. The van der Waals surface area contributed by atoms with Gasteiger partial charge in [-0.3, -0.25) is 0 Å². The smallest absolute Gasteiger partial charge is 0.129 e. The summed E-state index contributed by atoms with van der Waals surface area (Å²) in [5.74, 6) is -0.0929. The zero-order valence-corrected chi connectivity index (χ0v) is 11.8. The molecule has 0 aliphatic heterocycles. The van der Waals surface area contributed by atoms with Crippen LogP contribution in [0, 0.1) is 19.7 Å². The summed E-state index contributed by atoms with van der Waals surface area (Å²) in [6.45, 7) is 6.53. The van der Waals surface area contributed by atoms with Crippen LogP contribution in [0.5, 0.6) is 0 Å². The van der Waals surface area contributed by atoms with Crippen LogP contribution in [-0.4, -0.2) is 0 Å². The quantitative estimate of drug-likeness (QED) is 0.864. The monoisotopic (exact) mass is 263 g/mol. The van der Waals surface area contributed by atoms with E-state index in [1.807, 2.05) is 26.0 Å². The number of nitrogens with one attached hydrogen (secondary N) is 1. The second kappa shape index (κ2) is 5.63. The molecule has 1 unspecified atom stereocenters. The maximum Gasteiger partial charge on any atom is 0.129 e. The molecule has 1 aromatic carbocycles. The highest BCUT2D eigenvalue weighted by atomic mass is 32.1. The first-order valence-corrected chi connectivity index (χ1v) is 7.03. The molecule has 3 heteroatoms. The second-order valence-corrected chi connectivity index (χ2v) is 5.48. The molecule has 1 aromatic heterocycles. The number of hydrogen-bond acceptors (Lipinski definition) is 2. The SMILES string of the molecule is Cc1cc(CNC(C)c2ccsc2)cc(C)c1F. The van der Waals surface area contributed by atoms with E-state index in [4.69, 9.17) is 0 Å². The van der Waals surface area contributed by atoms with Crippen molar-refractivity contribution in [1.29, 1.82) is 0 Å². The summed E-state index contributed by atoms with van der Waals surface area (Å²) in [6.07, 6.45) is 0. The van der Waals surface area contributed by atoms with Gasteiger partial charge >= 0.3 is 0 Å². The normalized spacial score (nSPS) is 12.7. The molecule has 1 atom stereocenters. The third-order valence-corrected chi connectivity index (χ3v) is 3.85. The molecule has 2 rings (SSSR count). The largest absolute Gasteiger partial charge is 0.306 e. The number of hydrogen-bond donors (Lipinski definition) is 1. The van der Waals surface area contributed by atoms with Crippen molar-refractivity contribution in [2.24, 2.45) is 0 Å². The fourth-order valence-corrected chi connectivity index (χ4v) is 2.80. The Bertz CT molecular complexity index is 496. The molecule has 1 heterocycles. The van der Waals surface area contributed by atoms with Gasteiger partial charge in [0.1, 0.15) is 5.82 Å². The molecule has 0 radical (unpaired) electrons. The molecule has 0 aliphatic rings. The first-order valence-electron chi connectivity index (χ1n) is 6.09. The van der Waals surface area contributed by atoms with E-state index in [2.05, 4.69) is 29.1 Å². The van der Waals surface area contributed by atoms with Gasteiger partial charge in [-0.25, -0.2) is 4.39 Å². The van der Waals surface area contributed by atoms with Crippen LogP contribution in [0.4, 0.5) is 4.39 Å². The lowest BCUT2D eigenvalue weighted by Crippen LogP contribution is -2.17. The number of rotatable bonds is 4. The molecular weight excluding hydrogens is 245 g/mol. The number of benzene rings is 1. The second-order valence-electron chi connectivity index (χ2n) is 4.70. The first-order chi connectivity index (χ1) is 8.58. The standard InChI is InChI=1S/C15H18FNS/c1-10-6-13(7-11(2)15(10)16)8-17-12(3)14-4-5-18-9-14/h4-7,9,12,17H,8H2,1-3H3. The van der Waals surface area contributed by atoms with Crippen molar-refractivity contribution in [3.63, 3.8) is 0 Å². The van der Waals surface area contributed by atoms with Crippen molar-refractivity contribution in [3.8, 4) is 0 Å². The van der Waals surface area contributed by atoms with Gasteiger partial charge in [0.2, 0.25) is 0 Å². The molecule has 0 saturated carbocycles. The fourth-order valence-electron chi connectivity index (χ4n) is 2.05. The summed E-state index contributed by atoms with van der Waals surface area (Å²) >= 11 is 1.71. The molecule has 1 N–H and O–H groups in total. The summed E-state index contributed by atoms with van der Waals surface area (Å²) in [7, 11) is 0. The summed E-state index contributed by atoms with van der Waals surface area (Å²) in [5.41, 5.74) is 3.87. The third kappa shape index (κ3) is 2.98. The van der Waals surface area contributed by atoms with Crippen molar-refractivity contribution < 1.29 is 4.39 Å². The summed E-state index contributed by atoms with van der Waals surface area (Å²) < 4.78 is 13.5. The lowest BCUT2D eigenvalue weighted by Gasteiger charge is -2.13. The molecule has 0 bridgehead atoms. The number of thiophene rings is 1. The minimum atomic E-state index is -0.0929. The lowest BCUT2D eigenvalue weighted by atomic mass is 10.1. The minimum absolute atomic E-state index is 0.0929. The van der Waals surface area contributed by atoms with Gasteiger partial charge in [-0.15, -0.1) is 0 Å². The molecule has 96 valence electrons. The zero-order chi connectivity index (χ0) is 13.1. The van der Waals surface area contributed by atoms with Gasteiger partial charge in [-0.2, -0.15) is 11.3 Å². The molecule has 1 nitrogen and oxygen atoms in total. The summed E-state index contributed by atoms with van der Waals surface area (Å²) in [5, 5.41) is 7.69. The van der Waals surface area contributed by atoms with E-state index >= 15 is 0 Å². The predicted molar refractivity (Wildman–Crippen MR) is 75.4 cm³/mol. The van der Waals surface area contributed by atoms with Gasteiger partial charge in [0.15, 0.2) is 0 Å². The van der Waals surface area contributed by atoms with Gasteiger partial charge in [0.05, 0.1) is 0 Å². The Morgan fingerprint density at radius 1 is 1.28 bits per heavy atom. The fraction of sp³-hybridized carbons (Fsp3) is 0.333. The Kier molecular flexibility index (Phi) is 4.15. The van der Waals surface area contributed by atoms with Crippen molar-refractivity contribution in [2.75, 3.05) is 0 Å². The molecule has 18 heavy (non-hydrogen) atoms. The maximum absolute atomic E-state index is 13.5. The first kappa shape index (κ1) is 13.2. The topological polar surface area (TPSA) is 12.0 Å². The van der Waals surface area contributed by atoms with E-state index in [0.717, 1.165) is 23.2 Å².